The van der Waals surface area contributed by atoms with Gasteiger partial charge in [0.05, 0.1) is 16.9 Å². The van der Waals surface area contributed by atoms with Gasteiger partial charge in [0.15, 0.2) is 0 Å². The maximum Gasteiger partial charge on any atom is 0.224 e. The average Bonchev–Trinajstić information content (AvgIpc) is 2.90. The lowest BCUT2D eigenvalue weighted by Gasteiger charge is -2.09. The van der Waals surface area contributed by atoms with Crippen LogP contribution in [0.25, 0.3) is 0 Å². The molecule has 0 aromatic carbocycles. The first-order chi connectivity index (χ1) is 8.78. The van der Waals surface area contributed by atoms with Crippen LogP contribution < -0.4 is 5.32 Å². The van der Waals surface area contributed by atoms with E-state index in [1.54, 1.807) is 18.0 Å². The maximum atomic E-state index is 11.8. The minimum absolute atomic E-state index is 0.112. The molecule has 1 heterocycles. The average molecular weight is 264 g/mol. The third kappa shape index (κ3) is 4.02. The van der Waals surface area contributed by atoms with Crippen LogP contribution in [0.4, 0.5) is 5.69 Å². The second-order valence-corrected chi connectivity index (χ2v) is 5.65. The van der Waals surface area contributed by atoms with Gasteiger partial charge < -0.3 is 5.32 Å². The molecule has 0 radical (unpaired) electrons. The van der Waals surface area contributed by atoms with Crippen molar-refractivity contribution in [3.8, 4) is 0 Å². The molecule has 1 saturated carbocycles. The maximum absolute atomic E-state index is 11.8. The summed E-state index contributed by atoms with van der Waals surface area (Å²) in [5, 5.41) is 3.88. The lowest BCUT2D eigenvalue weighted by molar-refractivity contribution is -0.116. The number of amides is 1. The van der Waals surface area contributed by atoms with Crippen LogP contribution in [0.5, 0.6) is 0 Å². The molecule has 0 bridgehead atoms. The SMILES string of the molecule is CSc1ccc(NC(=O)CCC2CCCC2)cn1. The molecule has 1 aliphatic rings. The molecule has 1 aromatic heterocycles. The summed E-state index contributed by atoms with van der Waals surface area (Å²) < 4.78 is 0. The lowest BCUT2D eigenvalue weighted by atomic mass is 10.0. The van der Waals surface area contributed by atoms with Gasteiger partial charge in [-0.15, -0.1) is 11.8 Å². The predicted molar refractivity (Wildman–Crippen MR) is 75.8 cm³/mol. The summed E-state index contributed by atoms with van der Waals surface area (Å²) in [4.78, 5) is 16.0. The molecular formula is C14H20N2OS. The smallest absolute Gasteiger partial charge is 0.224 e. The molecule has 0 aliphatic heterocycles. The van der Waals surface area contributed by atoms with Crippen LogP contribution in [-0.4, -0.2) is 17.1 Å². The fraction of sp³-hybridized carbons (Fsp3) is 0.571. The second-order valence-electron chi connectivity index (χ2n) is 4.83. The topological polar surface area (TPSA) is 42.0 Å². The number of pyridine rings is 1. The highest BCUT2D eigenvalue weighted by Gasteiger charge is 2.16. The van der Waals surface area contributed by atoms with Crippen molar-refractivity contribution in [1.29, 1.82) is 0 Å². The Morgan fingerprint density at radius 1 is 1.44 bits per heavy atom. The van der Waals surface area contributed by atoms with E-state index in [-0.39, 0.29) is 5.91 Å². The highest BCUT2D eigenvalue weighted by atomic mass is 32.2. The van der Waals surface area contributed by atoms with E-state index >= 15 is 0 Å². The molecule has 1 N–H and O–H groups in total. The quantitative estimate of drug-likeness (QED) is 0.824. The summed E-state index contributed by atoms with van der Waals surface area (Å²) in [6.07, 6.45) is 10.7. The Hall–Kier alpha value is -1.03. The van der Waals surface area contributed by atoms with Crippen molar-refractivity contribution < 1.29 is 4.79 Å². The van der Waals surface area contributed by atoms with Crippen LogP contribution in [0.3, 0.4) is 0 Å². The van der Waals surface area contributed by atoms with Gasteiger partial charge in [-0.3, -0.25) is 4.79 Å². The number of nitrogens with one attached hydrogen (secondary N) is 1. The fourth-order valence-electron chi connectivity index (χ4n) is 2.43. The Kier molecular flexibility index (Phi) is 5.05. The highest BCUT2D eigenvalue weighted by molar-refractivity contribution is 7.98. The molecule has 0 unspecified atom stereocenters. The van der Waals surface area contributed by atoms with Crippen LogP contribution in [0.15, 0.2) is 23.4 Å². The summed E-state index contributed by atoms with van der Waals surface area (Å²) in [5.74, 6) is 0.883. The molecule has 0 saturated heterocycles. The summed E-state index contributed by atoms with van der Waals surface area (Å²) in [7, 11) is 0. The van der Waals surface area contributed by atoms with E-state index in [0.29, 0.717) is 6.42 Å². The van der Waals surface area contributed by atoms with Crippen LogP contribution >= 0.6 is 11.8 Å². The zero-order chi connectivity index (χ0) is 12.8. The van der Waals surface area contributed by atoms with Gasteiger partial charge in [0.1, 0.15) is 0 Å². The second kappa shape index (κ2) is 6.78. The van der Waals surface area contributed by atoms with Gasteiger partial charge in [0.2, 0.25) is 5.91 Å². The van der Waals surface area contributed by atoms with Gasteiger partial charge in [0, 0.05) is 6.42 Å². The van der Waals surface area contributed by atoms with E-state index in [0.717, 1.165) is 23.1 Å². The van der Waals surface area contributed by atoms with Crippen molar-refractivity contribution in [2.75, 3.05) is 11.6 Å². The van der Waals surface area contributed by atoms with Crippen molar-refractivity contribution in [2.45, 2.75) is 43.6 Å². The van der Waals surface area contributed by atoms with Crippen molar-refractivity contribution in [2.24, 2.45) is 5.92 Å². The summed E-state index contributed by atoms with van der Waals surface area (Å²) in [5.41, 5.74) is 0.796. The van der Waals surface area contributed by atoms with Gasteiger partial charge >= 0.3 is 0 Å². The zero-order valence-electron chi connectivity index (χ0n) is 10.8. The number of nitrogens with zero attached hydrogens (tertiary/aromatic N) is 1. The van der Waals surface area contributed by atoms with Gasteiger partial charge in [-0.05, 0) is 30.7 Å². The minimum Gasteiger partial charge on any atom is -0.325 e. The first kappa shape index (κ1) is 13.4. The van der Waals surface area contributed by atoms with Gasteiger partial charge in [-0.1, -0.05) is 25.7 Å². The number of carbonyl (C=O) groups excluding carboxylic acids is 1. The Morgan fingerprint density at radius 2 is 2.22 bits per heavy atom. The molecular weight excluding hydrogens is 244 g/mol. The van der Waals surface area contributed by atoms with Crippen molar-refractivity contribution >= 4 is 23.4 Å². The van der Waals surface area contributed by atoms with E-state index in [1.807, 2.05) is 18.4 Å². The molecule has 2 rings (SSSR count). The standard InChI is InChI=1S/C14H20N2OS/c1-18-14-9-7-12(10-15-14)16-13(17)8-6-11-4-2-3-5-11/h7,9-11H,2-6,8H2,1H3,(H,16,17). The van der Waals surface area contributed by atoms with Crippen LogP contribution in [0.1, 0.15) is 38.5 Å². The Labute approximate surface area is 113 Å². The number of hydrogen-bond acceptors (Lipinski definition) is 3. The van der Waals surface area contributed by atoms with Crippen LogP contribution in [0, 0.1) is 5.92 Å². The van der Waals surface area contributed by atoms with E-state index in [2.05, 4.69) is 10.3 Å². The number of carbonyl (C=O) groups is 1. The zero-order valence-corrected chi connectivity index (χ0v) is 11.6. The number of thioether (sulfide) groups is 1. The normalized spacial score (nSPS) is 15.8. The van der Waals surface area contributed by atoms with Gasteiger partial charge in [-0.25, -0.2) is 4.98 Å². The Bertz CT molecular complexity index is 385. The molecule has 98 valence electrons. The Balaban J connectivity index is 1.75. The molecule has 1 fully saturated rings. The predicted octanol–water partition coefficient (Wildman–Crippen LogP) is 3.71. The molecule has 4 heteroatoms. The van der Waals surface area contributed by atoms with Gasteiger partial charge in [0.25, 0.3) is 0 Å². The molecule has 1 amide bonds. The van der Waals surface area contributed by atoms with Crippen LogP contribution in [0.2, 0.25) is 0 Å². The Morgan fingerprint density at radius 3 is 2.83 bits per heavy atom. The first-order valence-electron chi connectivity index (χ1n) is 6.58. The third-order valence-electron chi connectivity index (χ3n) is 3.48. The molecule has 1 aliphatic carbocycles. The first-order valence-corrected chi connectivity index (χ1v) is 7.80. The monoisotopic (exact) mass is 264 g/mol. The molecule has 3 nitrogen and oxygen atoms in total. The van der Waals surface area contributed by atoms with Crippen molar-refractivity contribution in [1.82, 2.24) is 4.98 Å². The number of anilines is 1. The van der Waals surface area contributed by atoms with E-state index in [4.69, 9.17) is 0 Å². The van der Waals surface area contributed by atoms with Crippen molar-refractivity contribution in [3.63, 3.8) is 0 Å². The van der Waals surface area contributed by atoms with Gasteiger partial charge in [-0.2, -0.15) is 0 Å². The fourth-order valence-corrected chi connectivity index (χ4v) is 2.79. The number of rotatable bonds is 5. The summed E-state index contributed by atoms with van der Waals surface area (Å²) >= 11 is 1.60. The summed E-state index contributed by atoms with van der Waals surface area (Å²) in [6, 6.07) is 3.84. The van der Waals surface area contributed by atoms with Crippen molar-refractivity contribution in [3.05, 3.63) is 18.3 Å². The largest absolute Gasteiger partial charge is 0.325 e. The molecule has 1 aromatic rings. The minimum atomic E-state index is 0.112. The van der Waals surface area contributed by atoms with E-state index in [1.165, 1.54) is 25.7 Å². The third-order valence-corrected chi connectivity index (χ3v) is 4.14. The number of aromatic nitrogens is 1. The lowest BCUT2D eigenvalue weighted by Crippen LogP contribution is -2.12. The van der Waals surface area contributed by atoms with E-state index in [9.17, 15) is 4.79 Å². The molecule has 0 atom stereocenters. The van der Waals surface area contributed by atoms with Crippen LogP contribution in [-0.2, 0) is 4.79 Å². The summed E-state index contributed by atoms with van der Waals surface area (Å²) in [6.45, 7) is 0. The molecule has 18 heavy (non-hydrogen) atoms. The van der Waals surface area contributed by atoms with E-state index < -0.39 is 0 Å². The highest BCUT2D eigenvalue weighted by Crippen LogP contribution is 2.28. The molecule has 0 spiro atoms. The number of hydrogen-bond donors (Lipinski definition) is 1.